The van der Waals surface area contributed by atoms with E-state index in [1.54, 1.807) is 0 Å². The van der Waals surface area contributed by atoms with E-state index in [0.717, 1.165) is 91.7 Å². The van der Waals surface area contributed by atoms with Crippen molar-refractivity contribution in [1.82, 2.24) is 38.2 Å². The lowest BCUT2D eigenvalue weighted by atomic mass is 9.80. The number of aryl methyl sites for hydroxylation is 1. The smallest absolute Gasteiger partial charge is 0.160 e. The summed E-state index contributed by atoms with van der Waals surface area (Å²) in [6, 6.07) is 138. The molecule has 22 aromatic rings. The molecule has 6 heterocycles. The van der Waals surface area contributed by atoms with Gasteiger partial charge in [-0.1, -0.05) is 252 Å². The summed E-state index contributed by atoms with van der Waals surface area (Å²) in [4.78, 5) is 21.9. The van der Waals surface area contributed by atoms with Crippen LogP contribution in [0.4, 0.5) is 0 Å². The van der Waals surface area contributed by atoms with E-state index in [-0.39, 0.29) is 10.8 Å². The Morgan fingerprint density at radius 3 is 0.839 bits per heavy atom. The molecule has 16 aromatic carbocycles. The normalized spacial score (nSPS) is 13.5. The highest BCUT2D eigenvalue weighted by atomic mass is 15.0. The summed E-state index contributed by atoms with van der Waals surface area (Å²) in [5, 5.41) is 8.73. The first-order chi connectivity index (χ1) is 60.9. The van der Waals surface area contributed by atoms with Gasteiger partial charge in [-0.15, -0.1) is 0 Å². The minimum Gasteiger partial charge on any atom is -0.310 e. The van der Waals surface area contributed by atoms with Crippen molar-refractivity contribution >= 4 is 82.4 Å². The topological polar surface area (TPSA) is 71.3 Å². The number of rotatable bonds is 12. The molecule has 0 spiro atoms. The lowest BCUT2D eigenvalue weighted by molar-refractivity contribution is 0.660. The predicted molar refractivity (Wildman–Crippen MR) is 513 cm³/mol. The summed E-state index contributed by atoms with van der Waals surface area (Å²) in [6.07, 6.45) is 6.68. The van der Waals surface area contributed by atoms with E-state index in [0.29, 0.717) is 11.6 Å². The molecule has 8 heteroatoms. The fourth-order valence-corrected chi connectivity index (χ4v) is 20.9. The summed E-state index contributed by atoms with van der Waals surface area (Å²) in [6.45, 7) is 9.54. The molecule has 124 heavy (non-hydrogen) atoms. The van der Waals surface area contributed by atoms with Gasteiger partial charge >= 0.3 is 0 Å². The van der Waals surface area contributed by atoms with Gasteiger partial charge in [-0.3, -0.25) is 0 Å². The Labute approximate surface area is 717 Å². The van der Waals surface area contributed by atoms with Crippen molar-refractivity contribution in [1.29, 1.82) is 0 Å². The minimum atomic E-state index is -0.330. The second kappa shape index (κ2) is 27.4. The Morgan fingerprint density at radius 1 is 0.226 bits per heavy atom. The van der Waals surface area contributed by atoms with Gasteiger partial charge in [0.1, 0.15) is 0 Å². The highest BCUT2D eigenvalue weighted by Gasteiger charge is 2.38. The van der Waals surface area contributed by atoms with Crippen LogP contribution in [0.5, 0.6) is 0 Å². The summed E-state index contributed by atoms with van der Waals surface area (Å²) < 4.78 is 9.51. The van der Waals surface area contributed by atoms with Gasteiger partial charge in [0, 0.05) is 110 Å². The molecular weight excluding hydrogens is 1510 g/mol. The van der Waals surface area contributed by atoms with Gasteiger partial charge in [-0.25, -0.2) is 19.9 Å². The third kappa shape index (κ3) is 11.1. The number of fused-ring (bicyclic) bond motifs is 18. The molecule has 0 fully saturated rings. The highest BCUT2D eigenvalue weighted by molar-refractivity contribution is 6.12. The molecule has 0 radical (unpaired) electrons. The standard InChI is InChI=1S/C116H80N8/c1-115(2)97-65-77(48-60-85(97)87-62-50-79(67-99(87)115)103-69-101(71-40-52-81(53-41-71)121-105-32-13-5-24-89(105)90-25-6-14-33-106(90)121)117-113(119-103)73-44-56-83(57-45-73)123-109-36-17-9-28-93(109)94-29-10-18-37-110(94)123)75-22-21-23-76(64-75)78-49-61-86-88-63-51-80(68-100(88)116(3,4)98(86)66-78)104-70-102(72-42-54-82(55-43-72)122-107-34-15-7-26-91(107)92-27-8-16-35-108(92)122)118-114(120-104)74-46-58-84(59-47-74)124-111-38-19-11-30-95(111)96-31-12-20-39-112(96)124/h5-11,13-30,32-70H,12,31H2,1-4H3. The van der Waals surface area contributed by atoms with E-state index < -0.39 is 0 Å². The first kappa shape index (κ1) is 71.3. The molecular formula is C116H80N8. The molecule has 584 valence electrons. The van der Waals surface area contributed by atoms with E-state index in [4.69, 9.17) is 19.9 Å². The van der Waals surface area contributed by atoms with Crippen molar-refractivity contribution in [3.8, 4) is 135 Å². The summed E-state index contributed by atoms with van der Waals surface area (Å²) in [7, 11) is 0. The second-order valence-electron chi connectivity index (χ2n) is 34.8. The summed E-state index contributed by atoms with van der Waals surface area (Å²) in [5.41, 5.74) is 39.1. The van der Waals surface area contributed by atoms with Crippen LogP contribution in [0.1, 0.15) is 67.6 Å². The molecule has 0 amide bonds. The lowest BCUT2D eigenvalue weighted by Gasteiger charge is -2.23. The average Bonchev–Trinajstić information content (AvgIpc) is 1.57. The maximum Gasteiger partial charge on any atom is 0.160 e. The van der Waals surface area contributed by atoms with Gasteiger partial charge in [0.2, 0.25) is 0 Å². The van der Waals surface area contributed by atoms with E-state index in [2.05, 4.69) is 434 Å². The molecule has 3 aliphatic carbocycles. The lowest BCUT2D eigenvalue weighted by Crippen LogP contribution is -2.15. The maximum atomic E-state index is 5.52. The molecule has 0 saturated heterocycles. The fourth-order valence-electron chi connectivity index (χ4n) is 20.9. The van der Waals surface area contributed by atoms with Crippen molar-refractivity contribution in [3.63, 3.8) is 0 Å². The highest BCUT2D eigenvalue weighted by Crippen LogP contribution is 2.54. The van der Waals surface area contributed by atoms with Crippen LogP contribution < -0.4 is 0 Å². The number of hydrogen-bond acceptors (Lipinski definition) is 4. The minimum absolute atomic E-state index is 0.328. The van der Waals surface area contributed by atoms with Gasteiger partial charge in [-0.2, -0.15) is 0 Å². The Kier molecular flexibility index (Phi) is 15.8. The van der Waals surface area contributed by atoms with E-state index >= 15 is 0 Å². The van der Waals surface area contributed by atoms with Crippen molar-refractivity contribution < 1.29 is 0 Å². The monoisotopic (exact) mass is 1580 g/mol. The van der Waals surface area contributed by atoms with Crippen molar-refractivity contribution in [2.45, 2.75) is 51.4 Å². The molecule has 0 saturated carbocycles. The molecule has 0 unspecified atom stereocenters. The first-order valence-corrected chi connectivity index (χ1v) is 43.1. The van der Waals surface area contributed by atoms with Gasteiger partial charge in [0.25, 0.3) is 0 Å². The molecule has 0 bridgehead atoms. The van der Waals surface area contributed by atoms with Crippen LogP contribution in [0.2, 0.25) is 0 Å². The molecule has 0 N–H and O–H groups in total. The fraction of sp³-hybridized carbons (Fsp3) is 0.0690. The van der Waals surface area contributed by atoms with E-state index in [1.807, 2.05) is 0 Å². The number of aromatic nitrogens is 8. The molecule has 3 aliphatic rings. The Bertz CT molecular complexity index is 7930. The first-order valence-electron chi connectivity index (χ1n) is 43.1. The molecule has 6 aromatic heterocycles. The Morgan fingerprint density at radius 2 is 0.492 bits per heavy atom. The zero-order chi connectivity index (χ0) is 82.2. The van der Waals surface area contributed by atoms with Crippen molar-refractivity contribution in [2.24, 2.45) is 0 Å². The van der Waals surface area contributed by atoms with Crippen LogP contribution in [-0.4, -0.2) is 38.2 Å². The Balaban J connectivity index is 0.527. The number of allylic oxidation sites excluding steroid dienone is 1. The van der Waals surface area contributed by atoms with Crippen LogP contribution in [0.25, 0.3) is 217 Å². The van der Waals surface area contributed by atoms with Crippen LogP contribution >= 0.6 is 0 Å². The van der Waals surface area contributed by atoms with Crippen molar-refractivity contribution in [2.75, 3.05) is 0 Å². The van der Waals surface area contributed by atoms with Crippen LogP contribution in [-0.2, 0) is 17.3 Å². The average molecular weight is 1590 g/mol. The summed E-state index contributed by atoms with van der Waals surface area (Å²) in [5.74, 6) is 1.34. The van der Waals surface area contributed by atoms with Gasteiger partial charge in [-0.05, 0) is 249 Å². The number of para-hydroxylation sites is 7. The Hall–Kier alpha value is -15.6. The van der Waals surface area contributed by atoms with E-state index in [9.17, 15) is 0 Å². The van der Waals surface area contributed by atoms with Gasteiger partial charge in [0.05, 0.1) is 61.4 Å². The van der Waals surface area contributed by atoms with Gasteiger partial charge in [0.15, 0.2) is 11.6 Å². The summed E-state index contributed by atoms with van der Waals surface area (Å²) >= 11 is 0. The zero-order valence-corrected chi connectivity index (χ0v) is 68.9. The molecule has 8 nitrogen and oxygen atoms in total. The number of nitrogens with zero attached hydrogens (tertiary/aromatic N) is 8. The molecule has 0 aliphatic heterocycles. The van der Waals surface area contributed by atoms with Gasteiger partial charge < -0.3 is 18.3 Å². The number of hydrogen-bond donors (Lipinski definition) is 0. The van der Waals surface area contributed by atoms with Crippen LogP contribution in [0, 0.1) is 0 Å². The molecule has 25 rings (SSSR count). The predicted octanol–water partition coefficient (Wildman–Crippen LogP) is 29.4. The van der Waals surface area contributed by atoms with Crippen LogP contribution in [0.3, 0.4) is 0 Å². The largest absolute Gasteiger partial charge is 0.310 e. The third-order valence-corrected chi connectivity index (χ3v) is 27.1. The molecule has 0 atom stereocenters. The number of benzene rings is 16. The van der Waals surface area contributed by atoms with Crippen LogP contribution in [0.15, 0.2) is 382 Å². The second-order valence-corrected chi connectivity index (χ2v) is 34.8. The maximum absolute atomic E-state index is 5.52. The SMILES string of the molecule is CC1(C)c2cc(-c3cccc(-c4ccc5c(c4)C(C)(C)c4cc(-c6cc(-c7ccc(-n8c9ccccc9c9ccccc98)cc7)nc(-c7ccc(-n8c9ccccc9c9ccccc98)cc7)n6)ccc4-5)c3)ccc2-c2ccc(-c3cc(-c4ccc(-n5c6ccccc6c6ccccc65)cc4)nc(-c4ccc(-n5c6c(c7ccccc75)CCC=C6)cc4)n3)cc21. The zero-order valence-electron chi connectivity index (χ0n) is 68.9. The van der Waals surface area contributed by atoms with E-state index in [1.165, 1.54) is 154 Å². The van der Waals surface area contributed by atoms with Crippen molar-refractivity contribution in [3.05, 3.63) is 416 Å². The third-order valence-electron chi connectivity index (χ3n) is 27.1. The quantitative estimate of drug-likeness (QED) is 0.122.